The van der Waals surface area contributed by atoms with E-state index < -0.39 is 0 Å². The molecule has 0 aromatic heterocycles. The number of hydrogen-bond donors (Lipinski definition) is 0. The lowest BCUT2D eigenvalue weighted by Crippen LogP contribution is -1.95. The number of hydrogen-bond acceptors (Lipinski definition) is 2. The lowest BCUT2D eigenvalue weighted by atomic mass is 10.2. The molecule has 1 atom stereocenters. The van der Waals surface area contributed by atoms with E-state index in [1.807, 2.05) is 6.92 Å². The van der Waals surface area contributed by atoms with Crippen molar-refractivity contribution < 1.29 is 4.79 Å². The fourth-order valence-electron chi connectivity index (χ4n) is 0.596. The standard InChI is InChI=1S/C5H8OS/c1-4-2-3-7-5(4)6/h4H,2-3H2,1H3. The molecule has 7 heavy (non-hydrogen) atoms. The molecule has 0 radical (unpaired) electrons. The molecular formula is C5H8OS. The van der Waals surface area contributed by atoms with Gasteiger partial charge < -0.3 is 0 Å². The lowest BCUT2D eigenvalue weighted by molar-refractivity contribution is -0.113. The normalized spacial score (nSPS) is 31.6. The molecule has 0 bridgehead atoms. The molecule has 1 nitrogen and oxygen atoms in total. The maximum atomic E-state index is 10.5. The Bertz CT molecular complexity index is 90.1. The molecule has 0 aromatic rings. The highest BCUT2D eigenvalue weighted by Crippen LogP contribution is 2.24. The maximum Gasteiger partial charge on any atom is 0.191 e. The Balaban J connectivity index is 2.48. The largest absolute Gasteiger partial charge is 0.287 e. The number of rotatable bonds is 0. The van der Waals surface area contributed by atoms with Gasteiger partial charge in [-0.25, -0.2) is 0 Å². The van der Waals surface area contributed by atoms with E-state index in [1.165, 1.54) is 11.8 Å². The first-order valence-corrected chi connectivity index (χ1v) is 3.46. The summed E-state index contributed by atoms with van der Waals surface area (Å²) >= 11 is 1.47. The van der Waals surface area contributed by atoms with E-state index in [0.29, 0.717) is 11.0 Å². The first kappa shape index (κ1) is 5.16. The van der Waals surface area contributed by atoms with Crippen molar-refractivity contribution in [3.8, 4) is 0 Å². The zero-order valence-electron chi connectivity index (χ0n) is 4.31. The molecule has 1 aliphatic heterocycles. The Labute approximate surface area is 47.5 Å². The molecular weight excluding hydrogens is 108 g/mol. The summed E-state index contributed by atoms with van der Waals surface area (Å²) in [7, 11) is 0. The summed E-state index contributed by atoms with van der Waals surface area (Å²) in [6.45, 7) is 1.99. The van der Waals surface area contributed by atoms with Gasteiger partial charge in [0.1, 0.15) is 0 Å². The van der Waals surface area contributed by atoms with Gasteiger partial charge >= 0.3 is 0 Å². The fourth-order valence-corrected chi connectivity index (χ4v) is 1.67. The zero-order valence-corrected chi connectivity index (χ0v) is 5.12. The molecule has 0 saturated carbocycles. The van der Waals surface area contributed by atoms with Crippen molar-refractivity contribution in [1.29, 1.82) is 0 Å². The van der Waals surface area contributed by atoms with Gasteiger partial charge in [0.15, 0.2) is 5.12 Å². The number of carbonyl (C=O) groups is 1. The zero-order chi connectivity index (χ0) is 5.28. The lowest BCUT2D eigenvalue weighted by Gasteiger charge is -1.89. The smallest absolute Gasteiger partial charge is 0.191 e. The van der Waals surface area contributed by atoms with Crippen molar-refractivity contribution >= 4 is 16.9 Å². The van der Waals surface area contributed by atoms with Crippen molar-refractivity contribution in [1.82, 2.24) is 0 Å². The summed E-state index contributed by atoms with van der Waals surface area (Å²) in [4.78, 5) is 10.5. The van der Waals surface area contributed by atoms with E-state index in [9.17, 15) is 4.79 Å². The monoisotopic (exact) mass is 116 g/mol. The van der Waals surface area contributed by atoms with E-state index in [2.05, 4.69) is 0 Å². The Kier molecular flexibility index (Phi) is 1.38. The van der Waals surface area contributed by atoms with Gasteiger partial charge in [-0.15, -0.1) is 0 Å². The third-order valence-corrected chi connectivity index (χ3v) is 2.32. The molecule has 1 fully saturated rings. The molecule has 0 amide bonds. The molecule has 0 spiro atoms. The van der Waals surface area contributed by atoms with Crippen LogP contribution in [0.25, 0.3) is 0 Å². The Morgan fingerprint density at radius 1 is 1.86 bits per heavy atom. The van der Waals surface area contributed by atoms with Crippen LogP contribution in [0.3, 0.4) is 0 Å². The summed E-state index contributed by atoms with van der Waals surface area (Å²) in [6.07, 6.45) is 1.09. The van der Waals surface area contributed by atoms with E-state index >= 15 is 0 Å². The van der Waals surface area contributed by atoms with Gasteiger partial charge in [-0.1, -0.05) is 18.7 Å². The van der Waals surface area contributed by atoms with E-state index in [0.717, 1.165) is 12.2 Å². The molecule has 40 valence electrons. The minimum atomic E-state index is 0.338. The van der Waals surface area contributed by atoms with Gasteiger partial charge in [-0.05, 0) is 6.42 Å². The third kappa shape index (κ3) is 0.969. The average Bonchev–Trinajstić information content (AvgIpc) is 1.91. The highest BCUT2D eigenvalue weighted by atomic mass is 32.2. The van der Waals surface area contributed by atoms with Crippen molar-refractivity contribution in [3.63, 3.8) is 0 Å². The van der Waals surface area contributed by atoms with Crippen LogP contribution in [0.4, 0.5) is 0 Å². The molecule has 0 N–H and O–H groups in total. The molecule has 2 heteroatoms. The third-order valence-electron chi connectivity index (χ3n) is 1.20. The molecule has 1 heterocycles. The van der Waals surface area contributed by atoms with E-state index in [1.54, 1.807) is 0 Å². The van der Waals surface area contributed by atoms with Crippen LogP contribution in [0.5, 0.6) is 0 Å². The molecule has 1 unspecified atom stereocenters. The summed E-state index contributed by atoms with van der Waals surface area (Å²) in [5, 5.41) is 0.375. The summed E-state index contributed by atoms with van der Waals surface area (Å²) in [5.74, 6) is 1.38. The van der Waals surface area contributed by atoms with Crippen molar-refractivity contribution in [2.24, 2.45) is 5.92 Å². The topological polar surface area (TPSA) is 17.1 Å². The first-order chi connectivity index (χ1) is 3.30. The highest BCUT2D eigenvalue weighted by molar-refractivity contribution is 8.14. The predicted octanol–water partition coefficient (Wildman–Crippen LogP) is 1.29. The van der Waals surface area contributed by atoms with Gasteiger partial charge in [-0.2, -0.15) is 0 Å². The minimum absolute atomic E-state index is 0.338. The van der Waals surface area contributed by atoms with Crippen LogP contribution >= 0.6 is 11.8 Å². The Hall–Kier alpha value is 0.0200. The fraction of sp³-hybridized carbons (Fsp3) is 0.800. The first-order valence-electron chi connectivity index (χ1n) is 2.47. The van der Waals surface area contributed by atoms with Crippen LogP contribution in [0.2, 0.25) is 0 Å². The second-order valence-corrected chi connectivity index (χ2v) is 2.96. The predicted molar refractivity (Wildman–Crippen MR) is 31.2 cm³/mol. The van der Waals surface area contributed by atoms with Crippen LogP contribution in [0.15, 0.2) is 0 Å². The van der Waals surface area contributed by atoms with Crippen LogP contribution in [0, 0.1) is 5.92 Å². The second kappa shape index (κ2) is 1.86. The van der Waals surface area contributed by atoms with E-state index in [4.69, 9.17) is 0 Å². The molecule has 0 aliphatic carbocycles. The minimum Gasteiger partial charge on any atom is -0.287 e. The van der Waals surface area contributed by atoms with Gasteiger partial charge in [0, 0.05) is 11.7 Å². The molecule has 1 rings (SSSR count). The number of carbonyl (C=O) groups excluding carboxylic acids is 1. The van der Waals surface area contributed by atoms with Gasteiger partial charge in [0.2, 0.25) is 0 Å². The molecule has 0 aromatic carbocycles. The quantitative estimate of drug-likeness (QED) is 0.474. The van der Waals surface area contributed by atoms with Crippen LogP contribution in [-0.2, 0) is 4.79 Å². The summed E-state index contributed by atoms with van der Waals surface area (Å²) < 4.78 is 0. The molecule has 1 saturated heterocycles. The Morgan fingerprint density at radius 3 is 2.71 bits per heavy atom. The van der Waals surface area contributed by atoms with Crippen molar-refractivity contribution in [2.75, 3.05) is 5.75 Å². The maximum absolute atomic E-state index is 10.5. The average molecular weight is 116 g/mol. The van der Waals surface area contributed by atoms with Crippen molar-refractivity contribution in [2.45, 2.75) is 13.3 Å². The van der Waals surface area contributed by atoms with Gasteiger partial charge in [0.25, 0.3) is 0 Å². The van der Waals surface area contributed by atoms with Gasteiger partial charge in [-0.3, -0.25) is 4.79 Å². The van der Waals surface area contributed by atoms with Crippen molar-refractivity contribution in [3.05, 3.63) is 0 Å². The van der Waals surface area contributed by atoms with Gasteiger partial charge in [0.05, 0.1) is 0 Å². The highest BCUT2D eigenvalue weighted by Gasteiger charge is 2.19. The Morgan fingerprint density at radius 2 is 2.57 bits per heavy atom. The van der Waals surface area contributed by atoms with E-state index in [-0.39, 0.29) is 0 Å². The van der Waals surface area contributed by atoms with Crippen LogP contribution < -0.4 is 0 Å². The summed E-state index contributed by atoms with van der Waals surface area (Å²) in [5.41, 5.74) is 0. The SMILES string of the molecule is CC1CCSC1=O. The number of thioether (sulfide) groups is 1. The second-order valence-electron chi connectivity index (χ2n) is 1.86. The van der Waals surface area contributed by atoms with Crippen LogP contribution in [0.1, 0.15) is 13.3 Å². The summed E-state index contributed by atoms with van der Waals surface area (Å²) in [6, 6.07) is 0. The van der Waals surface area contributed by atoms with Crippen LogP contribution in [-0.4, -0.2) is 10.9 Å². The molecule has 1 aliphatic rings.